The van der Waals surface area contributed by atoms with Crippen molar-refractivity contribution >= 4 is 22.8 Å². The molecule has 4 rings (SSSR count). The number of amides is 1. The molecule has 8 nitrogen and oxygen atoms in total. The number of benzene rings is 1. The summed E-state index contributed by atoms with van der Waals surface area (Å²) in [6.07, 6.45) is 6.09. The highest BCUT2D eigenvalue weighted by Gasteiger charge is 2.32. The molecule has 33 heavy (non-hydrogen) atoms. The summed E-state index contributed by atoms with van der Waals surface area (Å²) in [4.78, 5) is 35.5. The predicted molar refractivity (Wildman–Crippen MR) is 122 cm³/mol. The lowest BCUT2D eigenvalue weighted by Gasteiger charge is -2.33. The van der Waals surface area contributed by atoms with Crippen molar-refractivity contribution in [1.29, 1.82) is 0 Å². The van der Waals surface area contributed by atoms with E-state index in [1.54, 1.807) is 0 Å². The number of carboxylic acid groups (broad SMARTS) is 1. The van der Waals surface area contributed by atoms with E-state index in [2.05, 4.69) is 5.32 Å². The number of rotatable bonds is 9. The number of carbonyl (C=O) groups is 2. The summed E-state index contributed by atoms with van der Waals surface area (Å²) < 4.78 is 17.9. The van der Waals surface area contributed by atoms with E-state index < -0.39 is 5.97 Å². The van der Waals surface area contributed by atoms with Crippen molar-refractivity contribution in [2.45, 2.75) is 77.2 Å². The molecule has 0 saturated heterocycles. The Kier molecular flexibility index (Phi) is 6.63. The SMILES string of the molecule is CC1(C)CCc2c(cc(OCC(=O)NCCCCCC(=O)O)c3c4c(c(=O)oc23)CCC4)O1. The third kappa shape index (κ3) is 5.15. The fourth-order valence-electron chi connectivity index (χ4n) is 4.67. The van der Waals surface area contributed by atoms with Gasteiger partial charge in [-0.1, -0.05) is 6.42 Å². The van der Waals surface area contributed by atoms with E-state index in [9.17, 15) is 14.4 Å². The molecule has 178 valence electrons. The van der Waals surface area contributed by atoms with Crippen LogP contribution in [0.2, 0.25) is 0 Å². The first-order valence-corrected chi connectivity index (χ1v) is 11.7. The lowest BCUT2D eigenvalue weighted by atomic mass is 9.91. The van der Waals surface area contributed by atoms with E-state index in [-0.39, 0.29) is 30.2 Å². The van der Waals surface area contributed by atoms with Crippen molar-refractivity contribution < 1.29 is 28.6 Å². The second-order valence-corrected chi connectivity index (χ2v) is 9.46. The van der Waals surface area contributed by atoms with Crippen LogP contribution in [0.3, 0.4) is 0 Å². The van der Waals surface area contributed by atoms with Crippen LogP contribution in [0.4, 0.5) is 0 Å². The molecule has 1 aliphatic heterocycles. The van der Waals surface area contributed by atoms with Crippen LogP contribution in [0.1, 0.15) is 69.1 Å². The summed E-state index contributed by atoms with van der Waals surface area (Å²) in [5, 5.41) is 12.3. The van der Waals surface area contributed by atoms with Crippen molar-refractivity contribution in [3.63, 3.8) is 0 Å². The molecule has 0 fully saturated rings. The molecule has 1 aromatic carbocycles. The van der Waals surface area contributed by atoms with Crippen molar-refractivity contribution in [2.24, 2.45) is 0 Å². The molecule has 0 radical (unpaired) electrons. The molecule has 2 heterocycles. The van der Waals surface area contributed by atoms with Gasteiger partial charge in [0, 0.05) is 30.2 Å². The minimum Gasteiger partial charge on any atom is -0.487 e. The average molecular weight is 458 g/mol. The maximum absolute atomic E-state index is 12.6. The molecule has 1 aliphatic carbocycles. The molecular formula is C25H31NO7. The highest BCUT2D eigenvalue weighted by Crippen LogP contribution is 2.44. The van der Waals surface area contributed by atoms with Crippen molar-refractivity contribution in [3.05, 3.63) is 33.2 Å². The first-order chi connectivity index (χ1) is 15.7. The molecule has 0 unspecified atom stereocenters. The monoisotopic (exact) mass is 457 g/mol. The molecule has 0 bridgehead atoms. The first-order valence-electron chi connectivity index (χ1n) is 11.7. The van der Waals surface area contributed by atoms with Crippen LogP contribution in [-0.4, -0.2) is 35.7 Å². The Morgan fingerprint density at radius 3 is 2.70 bits per heavy atom. The van der Waals surface area contributed by atoms with Gasteiger partial charge < -0.3 is 24.3 Å². The largest absolute Gasteiger partial charge is 0.487 e. The van der Waals surface area contributed by atoms with Crippen LogP contribution >= 0.6 is 0 Å². The van der Waals surface area contributed by atoms with Gasteiger partial charge in [0.15, 0.2) is 6.61 Å². The summed E-state index contributed by atoms with van der Waals surface area (Å²) >= 11 is 0. The van der Waals surface area contributed by atoms with Gasteiger partial charge in [0.2, 0.25) is 0 Å². The van der Waals surface area contributed by atoms with Gasteiger partial charge in [-0.15, -0.1) is 0 Å². The number of nitrogens with one attached hydrogen (secondary N) is 1. The maximum Gasteiger partial charge on any atom is 0.339 e. The van der Waals surface area contributed by atoms with Gasteiger partial charge in [0.1, 0.15) is 22.7 Å². The van der Waals surface area contributed by atoms with E-state index in [1.807, 2.05) is 19.9 Å². The van der Waals surface area contributed by atoms with Gasteiger partial charge >= 0.3 is 11.6 Å². The van der Waals surface area contributed by atoms with Crippen LogP contribution in [0.25, 0.3) is 11.0 Å². The van der Waals surface area contributed by atoms with Gasteiger partial charge in [-0.2, -0.15) is 0 Å². The molecule has 2 N–H and O–H groups in total. The molecule has 0 saturated carbocycles. The Bertz CT molecular complexity index is 1130. The van der Waals surface area contributed by atoms with Crippen molar-refractivity contribution in [2.75, 3.05) is 13.2 Å². The normalized spacial score (nSPS) is 16.1. The third-order valence-electron chi connectivity index (χ3n) is 6.38. The Labute approximate surface area is 192 Å². The van der Waals surface area contributed by atoms with Crippen LogP contribution < -0.4 is 20.4 Å². The Hall–Kier alpha value is -3.03. The quantitative estimate of drug-likeness (QED) is 0.437. The molecule has 0 spiro atoms. The minimum absolute atomic E-state index is 0.141. The first kappa shape index (κ1) is 23.1. The van der Waals surface area contributed by atoms with Gasteiger partial charge in [-0.3, -0.25) is 9.59 Å². The third-order valence-corrected chi connectivity index (χ3v) is 6.38. The van der Waals surface area contributed by atoms with Crippen LogP contribution in [0.15, 0.2) is 15.3 Å². The molecule has 1 amide bonds. The Morgan fingerprint density at radius 1 is 1.12 bits per heavy atom. The Balaban J connectivity index is 1.52. The number of aryl methyl sites for hydroxylation is 2. The topological polar surface area (TPSA) is 115 Å². The van der Waals surface area contributed by atoms with Crippen molar-refractivity contribution in [1.82, 2.24) is 5.32 Å². The molecule has 8 heteroatoms. The van der Waals surface area contributed by atoms with Crippen LogP contribution in [-0.2, 0) is 28.9 Å². The predicted octanol–water partition coefficient (Wildman–Crippen LogP) is 3.53. The summed E-state index contributed by atoms with van der Waals surface area (Å²) in [5.74, 6) is 0.0717. The fraction of sp³-hybridized carbons (Fsp3) is 0.560. The van der Waals surface area contributed by atoms with Gasteiger partial charge in [-0.25, -0.2) is 4.79 Å². The van der Waals surface area contributed by atoms with E-state index in [4.69, 9.17) is 19.0 Å². The zero-order valence-electron chi connectivity index (χ0n) is 19.3. The van der Waals surface area contributed by atoms with E-state index in [0.29, 0.717) is 48.5 Å². The standard InChI is InChI=1S/C25H31NO7/c1-25(2)11-10-17-18(33-25)13-19(22-15-7-6-8-16(15)24(30)32-23(17)22)31-14-20(27)26-12-5-3-4-9-21(28)29/h13H,3-12,14H2,1-2H3,(H,26,27)(H,28,29). The summed E-state index contributed by atoms with van der Waals surface area (Å²) in [5.41, 5.74) is 2.43. The van der Waals surface area contributed by atoms with E-state index in [1.165, 1.54) is 0 Å². The Morgan fingerprint density at radius 2 is 1.91 bits per heavy atom. The number of carbonyl (C=O) groups excluding carboxylic acids is 1. The maximum atomic E-state index is 12.6. The number of hydrogen-bond acceptors (Lipinski definition) is 6. The summed E-state index contributed by atoms with van der Waals surface area (Å²) in [6, 6.07) is 1.83. The number of carboxylic acids is 1. The van der Waals surface area contributed by atoms with Gasteiger partial charge in [0.05, 0.1) is 5.39 Å². The van der Waals surface area contributed by atoms with E-state index in [0.717, 1.165) is 48.6 Å². The van der Waals surface area contributed by atoms with Crippen LogP contribution in [0.5, 0.6) is 11.5 Å². The van der Waals surface area contributed by atoms with E-state index >= 15 is 0 Å². The van der Waals surface area contributed by atoms with Crippen LogP contribution in [0, 0.1) is 0 Å². The second-order valence-electron chi connectivity index (χ2n) is 9.46. The minimum atomic E-state index is -0.806. The number of hydrogen-bond donors (Lipinski definition) is 2. The lowest BCUT2D eigenvalue weighted by Crippen LogP contribution is -2.33. The fourth-order valence-corrected chi connectivity index (χ4v) is 4.67. The second kappa shape index (κ2) is 9.45. The molecular weight excluding hydrogens is 426 g/mol. The number of ether oxygens (including phenoxy) is 2. The summed E-state index contributed by atoms with van der Waals surface area (Å²) in [7, 11) is 0. The molecule has 0 atom stereocenters. The zero-order chi connectivity index (χ0) is 23.6. The number of fused-ring (bicyclic) bond motifs is 5. The molecule has 1 aromatic heterocycles. The summed E-state index contributed by atoms with van der Waals surface area (Å²) in [6.45, 7) is 4.33. The van der Waals surface area contributed by atoms with Gasteiger partial charge in [0.25, 0.3) is 5.91 Å². The average Bonchev–Trinajstić information content (AvgIpc) is 3.24. The highest BCUT2D eigenvalue weighted by molar-refractivity contribution is 5.93. The zero-order valence-corrected chi connectivity index (χ0v) is 19.3. The smallest absolute Gasteiger partial charge is 0.339 e. The number of aliphatic carboxylic acids is 1. The molecule has 2 aromatic rings. The van der Waals surface area contributed by atoms with Gasteiger partial charge in [-0.05, 0) is 64.4 Å². The number of unbranched alkanes of at least 4 members (excludes halogenated alkanes) is 2. The lowest BCUT2D eigenvalue weighted by molar-refractivity contribution is -0.137. The van der Waals surface area contributed by atoms with Crippen molar-refractivity contribution in [3.8, 4) is 11.5 Å². The highest BCUT2D eigenvalue weighted by atomic mass is 16.5. The molecule has 2 aliphatic rings.